The molecule has 0 bridgehead atoms. The second-order valence-corrected chi connectivity index (χ2v) is 3.65. The topological polar surface area (TPSA) is 68.8 Å². The van der Waals surface area contributed by atoms with E-state index in [4.69, 9.17) is 5.84 Å². The van der Waals surface area contributed by atoms with Crippen LogP contribution in [0.5, 0.6) is 0 Å². The number of nitrogens with zero attached hydrogens (tertiary/aromatic N) is 3. The number of aromatic nitrogens is 3. The normalized spacial score (nSPS) is 10.6. The molecule has 1 aromatic carbocycles. The summed E-state index contributed by atoms with van der Waals surface area (Å²) >= 11 is 0. The van der Waals surface area contributed by atoms with Crippen molar-refractivity contribution in [1.82, 2.24) is 14.5 Å². The maximum absolute atomic E-state index is 5.33. The van der Waals surface area contributed by atoms with Gasteiger partial charge in [-0.3, -0.25) is 10.4 Å². The molecule has 3 aromatic rings. The summed E-state index contributed by atoms with van der Waals surface area (Å²) in [7, 11) is 0. The lowest BCUT2D eigenvalue weighted by Gasteiger charge is -2.05. The molecule has 3 N–H and O–H groups in total. The first kappa shape index (κ1) is 9.80. The third kappa shape index (κ3) is 1.62. The molecule has 0 spiro atoms. The van der Waals surface area contributed by atoms with Crippen molar-refractivity contribution in [1.29, 1.82) is 0 Å². The van der Waals surface area contributed by atoms with Crippen molar-refractivity contribution in [2.24, 2.45) is 5.84 Å². The number of hydrogen-bond acceptors (Lipinski definition) is 4. The van der Waals surface area contributed by atoms with Crippen molar-refractivity contribution in [2.75, 3.05) is 5.43 Å². The van der Waals surface area contributed by atoms with E-state index in [2.05, 4.69) is 15.4 Å². The van der Waals surface area contributed by atoms with E-state index in [-0.39, 0.29) is 0 Å². The monoisotopic (exact) mass is 225 g/mol. The zero-order chi connectivity index (χ0) is 11.7. The van der Waals surface area contributed by atoms with E-state index in [9.17, 15) is 0 Å². The van der Waals surface area contributed by atoms with Crippen LogP contribution in [0.25, 0.3) is 16.9 Å². The Morgan fingerprint density at radius 3 is 2.65 bits per heavy atom. The van der Waals surface area contributed by atoms with Gasteiger partial charge in [0.25, 0.3) is 0 Å². The molecular weight excluding hydrogens is 214 g/mol. The number of anilines is 1. The van der Waals surface area contributed by atoms with Crippen LogP contribution in [0.3, 0.4) is 0 Å². The third-order valence-electron chi connectivity index (χ3n) is 2.63. The van der Waals surface area contributed by atoms with Crippen LogP contribution in [0.1, 0.15) is 0 Å². The highest BCUT2D eigenvalue weighted by Gasteiger charge is 2.04. The average Bonchev–Trinajstić information content (AvgIpc) is 2.83. The SMILES string of the molecule is NNc1ccc(-n2cnc3ncccc32)cc1. The maximum Gasteiger partial charge on any atom is 0.177 e. The van der Waals surface area contributed by atoms with E-state index in [1.165, 1.54) is 0 Å². The Kier molecular flexibility index (Phi) is 2.23. The van der Waals surface area contributed by atoms with E-state index in [1.807, 2.05) is 41.0 Å². The molecule has 0 unspecified atom stereocenters. The first-order chi connectivity index (χ1) is 8.38. The minimum Gasteiger partial charge on any atom is -0.324 e. The molecule has 0 radical (unpaired) electrons. The van der Waals surface area contributed by atoms with Crippen molar-refractivity contribution >= 4 is 16.9 Å². The van der Waals surface area contributed by atoms with Crippen molar-refractivity contribution in [3.8, 4) is 5.69 Å². The Morgan fingerprint density at radius 2 is 1.88 bits per heavy atom. The molecule has 0 saturated heterocycles. The Morgan fingerprint density at radius 1 is 1.06 bits per heavy atom. The lowest BCUT2D eigenvalue weighted by Crippen LogP contribution is -2.06. The van der Waals surface area contributed by atoms with Crippen LogP contribution in [-0.2, 0) is 0 Å². The van der Waals surface area contributed by atoms with Gasteiger partial charge in [-0.2, -0.15) is 0 Å². The fourth-order valence-corrected chi connectivity index (χ4v) is 1.77. The van der Waals surface area contributed by atoms with Gasteiger partial charge in [0.2, 0.25) is 0 Å². The molecule has 3 rings (SSSR count). The highest BCUT2D eigenvalue weighted by atomic mass is 15.2. The molecule has 17 heavy (non-hydrogen) atoms. The van der Waals surface area contributed by atoms with Gasteiger partial charge < -0.3 is 5.43 Å². The molecule has 0 atom stereocenters. The molecular formula is C12H11N5. The number of hydrogen-bond donors (Lipinski definition) is 2. The molecule has 0 aliphatic carbocycles. The van der Waals surface area contributed by atoms with Crippen LogP contribution >= 0.6 is 0 Å². The molecule has 2 heterocycles. The maximum atomic E-state index is 5.33. The van der Waals surface area contributed by atoms with E-state index in [1.54, 1.807) is 12.5 Å². The zero-order valence-corrected chi connectivity index (χ0v) is 9.04. The molecule has 84 valence electrons. The minimum atomic E-state index is 0.744. The molecule has 0 aliphatic rings. The Labute approximate surface area is 97.9 Å². The predicted octanol–water partition coefficient (Wildman–Crippen LogP) is 1.71. The van der Waals surface area contributed by atoms with Gasteiger partial charge in [0.15, 0.2) is 5.65 Å². The highest BCUT2D eigenvalue weighted by Crippen LogP contribution is 2.17. The second-order valence-electron chi connectivity index (χ2n) is 3.65. The molecule has 0 fully saturated rings. The van der Waals surface area contributed by atoms with E-state index >= 15 is 0 Å². The zero-order valence-electron chi connectivity index (χ0n) is 9.04. The fourth-order valence-electron chi connectivity index (χ4n) is 1.77. The summed E-state index contributed by atoms with van der Waals surface area (Å²) in [5, 5.41) is 0. The molecule has 5 nitrogen and oxygen atoms in total. The molecule has 2 aromatic heterocycles. The van der Waals surface area contributed by atoms with Crippen LogP contribution in [0, 0.1) is 0 Å². The minimum absolute atomic E-state index is 0.744. The second kappa shape index (κ2) is 3.88. The van der Waals surface area contributed by atoms with Crippen LogP contribution < -0.4 is 11.3 Å². The number of benzene rings is 1. The number of nitrogens with one attached hydrogen (secondary N) is 1. The van der Waals surface area contributed by atoms with Gasteiger partial charge in [-0.05, 0) is 36.4 Å². The number of nitrogens with two attached hydrogens (primary N) is 1. The number of imidazole rings is 1. The summed E-state index contributed by atoms with van der Waals surface area (Å²) in [6.07, 6.45) is 3.50. The first-order valence-corrected chi connectivity index (χ1v) is 5.23. The van der Waals surface area contributed by atoms with Gasteiger partial charge in [-0.1, -0.05) is 0 Å². The van der Waals surface area contributed by atoms with Crippen molar-refractivity contribution in [3.63, 3.8) is 0 Å². The summed E-state index contributed by atoms with van der Waals surface area (Å²) in [6, 6.07) is 11.7. The Hall–Kier alpha value is -2.40. The number of nitrogen functional groups attached to an aromatic ring is 1. The van der Waals surface area contributed by atoms with Crippen LogP contribution in [0.4, 0.5) is 5.69 Å². The van der Waals surface area contributed by atoms with Gasteiger partial charge >= 0.3 is 0 Å². The standard InChI is InChI=1S/C12H11N5/c13-16-9-3-5-10(6-4-9)17-8-15-12-11(17)2-1-7-14-12/h1-8,16H,13H2. The summed E-state index contributed by atoms with van der Waals surface area (Å²) in [5.74, 6) is 5.33. The molecule has 0 aliphatic heterocycles. The Bertz CT molecular complexity index is 641. The lowest BCUT2D eigenvalue weighted by molar-refractivity contribution is 1.09. The van der Waals surface area contributed by atoms with Gasteiger partial charge in [0.05, 0.1) is 5.52 Å². The average molecular weight is 225 g/mol. The largest absolute Gasteiger partial charge is 0.324 e. The third-order valence-corrected chi connectivity index (χ3v) is 2.63. The Balaban J connectivity index is 2.13. The van der Waals surface area contributed by atoms with Crippen LogP contribution in [-0.4, -0.2) is 14.5 Å². The van der Waals surface area contributed by atoms with Crippen molar-refractivity contribution in [3.05, 3.63) is 48.9 Å². The smallest absolute Gasteiger partial charge is 0.177 e. The van der Waals surface area contributed by atoms with Crippen molar-refractivity contribution < 1.29 is 0 Å². The van der Waals surface area contributed by atoms with E-state index < -0.39 is 0 Å². The summed E-state index contributed by atoms with van der Waals surface area (Å²) < 4.78 is 1.99. The van der Waals surface area contributed by atoms with Crippen molar-refractivity contribution in [2.45, 2.75) is 0 Å². The number of pyridine rings is 1. The van der Waals surface area contributed by atoms with Gasteiger partial charge in [0, 0.05) is 17.6 Å². The highest BCUT2D eigenvalue weighted by molar-refractivity contribution is 5.73. The van der Waals surface area contributed by atoms with Crippen LogP contribution in [0.15, 0.2) is 48.9 Å². The van der Waals surface area contributed by atoms with Crippen LogP contribution in [0.2, 0.25) is 0 Å². The molecule has 5 heteroatoms. The van der Waals surface area contributed by atoms with E-state index in [0.29, 0.717) is 0 Å². The number of hydrazine groups is 1. The number of fused-ring (bicyclic) bond motifs is 1. The quantitative estimate of drug-likeness (QED) is 0.514. The number of rotatable bonds is 2. The van der Waals surface area contributed by atoms with Gasteiger partial charge in [-0.25, -0.2) is 9.97 Å². The van der Waals surface area contributed by atoms with Gasteiger partial charge in [0.1, 0.15) is 6.33 Å². The summed E-state index contributed by atoms with van der Waals surface area (Å²) in [6.45, 7) is 0. The first-order valence-electron chi connectivity index (χ1n) is 5.23. The lowest BCUT2D eigenvalue weighted by atomic mass is 10.3. The fraction of sp³-hybridized carbons (Fsp3) is 0. The molecule has 0 amide bonds. The predicted molar refractivity (Wildman–Crippen MR) is 66.7 cm³/mol. The summed E-state index contributed by atoms with van der Waals surface area (Å²) in [5.41, 5.74) is 6.23. The molecule has 0 saturated carbocycles. The van der Waals surface area contributed by atoms with Gasteiger partial charge in [-0.15, -0.1) is 0 Å². The van der Waals surface area contributed by atoms with E-state index in [0.717, 1.165) is 22.5 Å². The summed E-state index contributed by atoms with van der Waals surface area (Å²) in [4.78, 5) is 8.45.